The Morgan fingerprint density at radius 2 is 2.32 bits per heavy atom. The molecule has 0 saturated heterocycles. The van der Waals surface area contributed by atoms with E-state index in [4.69, 9.17) is 4.74 Å². The summed E-state index contributed by atoms with van der Waals surface area (Å²) in [6.45, 7) is 5.35. The molecule has 102 valence electrons. The van der Waals surface area contributed by atoms with Crippen LogP contribution in [0.25, 0.3) is 11.3 Å². The predicted molar refractivity (Wildman–Crippen MR) is 74.6 cm³/mol. The van der Waals surface area contributed by atoms with Gasteiger partial charge in [0.25, 0.3) is 0 Å². The van der Waals surface area contributed by atoms with E-state index in [9.17, 15) is 0 Å². The molecule has 0 aliphatic carbocycles. The molecule has 0 fully saturated rings. The Hall–Kier alpha value is -1.72. The highest BCUT2D eigenvalue weighted by atomic mass is 16.5. The number of aromatic nitrogens is 3. The zero-order valence-electron chi connectivity index (χ0n) is 11.2. The third-order valence-corrected chi connectivity index (χ3v) is 2.83. The SMILES string of the molecule is CCOCCCNCc1cn[nH]c1-c1cccnc1. The largest absolute Gasteiger partial charge is 0.382 e. The molecular formula is C14H20N4O. The first kappa shape index (κ1) is 13.7. The van der Waals surface area contributed by atoms with Crippen LogP contribution in [0, 0.1) is 0 Å². The minimum absolute atomic E-state index is 0.785. The van der Waals surface area contributed by atoms with Gasteiger partial charge in [-0.3, -0.25) is 10.1 Å². The van der Waals surface area contributed by atoms with Crippen LogP contribution >= 0.6 is 0 Å². The third-order valence-electron chi connectivity index (χ3n) is 2.83. The van der Waals surface area contributed by atoms with Gasteiger partial charge >= 0.3 is 0 Å². The number of hydrogen-bond donors (Lipinski definition) is 2. The molecule has 0 bridgehead atoms. The third kappa shape index (κ3) is 4.15. The minimum atomic E-state index is 0.785. The molecule has 0 aromatic carbocycles. The summed E-state index contributed by atoms with van der Waals surface area (Å²) >= 11 is 0. The van der Waals surface area contributed by atoms with Crippen LogP contribution in [0.1, 0.15) is 18.9 Å². The van der Waals surface area contributed by atoms with Gasteiger partial charge in [0.1, 0.15) is 0 Å². The fourth-order valence-electron chi connectivity index (χ4n) is 1.87. The van der Waals surface area contributed by atoms with Crippen LogP contribution in [0.3, 0.4) is 0 Å². The topological polar surface area (TPSA) is 62.8 Å². The van der Waals surface area contributed by atoms with Crippen LogP contribution in [0.2, 0.25) is 0 Å². The number of nitrogens with one attached hydrogen (secondary N) is 2. The van der Waals surface area contributed by atoms with Gasteiger partial charge in [-0.2, -0.15) is 5.10 Å². The summed E-state index contributed by atoms with van der Waals surface area (Å²) in [5.41, 5.74) is 3.25. The zero-order chi connectivity index (χ0) is 13.3. The second-order valence-corrected chi connectivity index (χ2v) is 4.24. The molecule has 0 atom stereocenters. The lowest BCUT2D eigenvalue weighted by molar-refractivity contribution is 0.144. The van der Waals surface area contributed by atoms with Crippen LogP contribution < -0.4 is 5.32 Å². The molecule has 0 aliphatic rings. The summed E-state index contributed by atoms with van der Waals surface area (Å²) in [6.07, 6.45) is 6.49. The van der Waals surface area contributed by atoms with E-state index in [1.807, 2.05) is 31.5 Å². The first-order valence-electron chi connectivity index (χ1n) is 6.63. The highest BCUT2D eigenvalue weighted by molar-refractivity contribution is 5.61. The monoisotopic (exact) mass is 260 g/mol. The Morgan fingerprint density at radius 1 is 1.37 bits per heavy atom. The van der Waals surface area contributed by atoms with Crippen LogP contribution in [-0.2, 0) is 11.3 Å². The van der Waals surface area contributed by atoms with E-state index >= 15 is 0 Å². The number of pyridine rings is 1. The molecule has 2 aromatic heterocycles. The molecule has 2 rings (SSSR count). The van der Waals surface area contributed by atoms with Gasteiger partial charge in [-0.05, 0) is 32.0 Å². The number of H-pyrrole nitrogens is 1. The molecule has 0 amide bonds. The molecule has 5 nitrogen and oxygen atoms in total. The first-order valence-corrected chi connectivity index (χ1v) is 6.63. The standard InChI is InChI=1S/C14H20N4O/c1-2-19-8-4-7-16-10-13-11-17-18-14(13)12-5-3-6-15-9-12/h3,5-6,9,11,16H,2,4,7-8,10H2,1H3,(H,17,18). The minimum Gasteiger partial charge on any atom is -0.382 e. The van der Waals surface area contributed by atoms with Gasteiger partial charge < -0.3 is 10.1 Å². The van der Waals surface area contributed by atoms with Crippen LogP contribution in [0.4, 0.5) is 0 Å². The summed E-state index contributed by atoms with van der Waals surface area (Å²) in [7, 11) is 0. The van der Waals surface area contributed by atoms with E-state index in [2.05, 4.69) is 20.5 Å². The van der Waals surface area contributed by atoms with Gasteiger partial charge in [-0.15, -0.1) is 0 Å². The van der Waals surface area contributed by atoms with E-state index < -0.39 is 0 Å². The molecule has 0 unspecified atom stereocenters. The van der Waals surface area contributed by atoms with E-state index in [-0.39, 0.29) is 0 Å². The molecule has 2 N–H and O–H groups in total. The van der Waals surface area contributed by atoms with Crippen molar-refractivity contribution in [2.75, 3.05) is 19.8 Å². The Kier molecular flexibility index (Phi) is 5.52. The number of rotatable bonds is 8. The van der Waals surface area contributed by atoms with Crippen molar-refractivity contribution in [3.8, 4) is 11.3 Å². The fourth-order valence-corrected chi connectivity index (χ4v) is 1.87. The summed E-state index contributed by atoms with van der Waals surface area (Å²) in [5.74, 6) is 0. The van der Waals surface area contributed by atoms with E-state index in [0.29, 0.717) is 0 Å². The molecule has 0 radical (unpaired) electrons. The van der Waals surface area contributed by atoms with E-state index in [1.54, 1.807) is 6.20 Å². The van der Waals surface area contributed by atoms with E-state index in [1.165, 1.54) is 0 Å². The molecule has 2 heterocycles. The molecule has 2 aromatic rings. The summed E-state index contributed by atoms with van der Waals surface area (Å²) in [6, 6.07) is 3.95. The summed E-state index contributed by atoms with van der Waals surface area (Å²) < 4.78 is 5.30. The van der Waals surface area contributed by atoms with Crippen LogP contribution in [-0.4, -0.2) is 34.9 Å². The smallest absolute Gasteiger partial charge is 0.0710 e. The molecule has 0 spiro atoms. The average Bonchev–Trinajstić information content (AvgIpc) is 2.92. The molecular weight excluding hydrogens is 240 g/mol. The Bertz CT molecular complexity index is 469. The summed E-state index contributed by atoms with van der Waals surface area (Å²) in [5, 5.41) is 10.5. The van der Waals surface area contributed by atoms with Crippen molar-refractivity contribution in [1.29, 1.82) is 0 Å². The van der Waals surface area contributed by atoms with Crippen molar-refractivity contribution in [3.05, 3.63) is 36.3 Å². The second-order valence-electron chi connectivity index (χ2n) is 4.24. The van der Waals surface area contributed by atoms with Crippen molar-refractivity contribution in [1.82, 2.24) is 20.5 Å². The quantitative estimate of drug-likeness (QED) is 0.712. The second kappa shape index (κ2) is 7.66. The maximum absolute atomic E-state index is 5.30. The molecule has 0 saturated carbocycles. The first-order chi connectivity index (χ1) is 9.42. The van der Waals surface area contributed by atoms with Crippen molar-refractivity contribution < 1.29 is 4.74 Å². The maximum atomic E-state index is 5.30. The number of hydrogen-bond acceptors (Lipinski definition) is 4. The van der Waals surface area contributed by atoms with Gasteiger partial charge in [0.15, 0.2) is 0 Å². The highest BCUT2D eigenvalue weighted by Gasteiger charge is 2.06. The zero-order valence-corrected chi connectivity index (χ0v) is 11.2. The average molecular weight is 260 g/mol. The van der Waals surface area contributed by atoms with Crippen molar-refractivity contribution in [2.24, 2.45) is 0 Å². The highest BCUT2D eigenvalue weighted by Crippen LogP contribution is 2.19. The number of ether oxygens (including phenoxy) is 1. The Morgan fingerprint density at radius 3 is 3.11 bits per heavy atom. The van der Waals surface area contributed by atoms with Crippen molar-refractivity contribution in [2.45, 2.75) is 19.9 Å². The lowest BCUT2D eigenvalue weighted by Crippen LogP contribution is -2.16. The maximum Gasteiger partial charge on any atom is 0.0710 e. The Balaban J connectivity index is 1.83. The molecule has 0 aliphatic heterocycles. The Labute approximate surface area is 113 Å². The van der Waals surface area contributed by atoms with E-state index in [0.717, 1.165) is 49.5 Å². The van der Waals surface area contributed by atoms with Gasteiger partial charge in [-0.1, -0.05) is 0 Å². The number of aromatic amines is 1. The number of nitrogens with zero attached hydrogens (tertiary/aromatic N) is 2. The summed E-state index contributed by atoms with van der Waals surface area (Å²) in [4.78, 5) is 4.13. The van der Waals surface area contributed by atoms with Gasteiger partial charge in [0.2, 0.25) is 0 Å². The molecule has 19 heavy (non-hydrogen) atoms. The predicted octanol–water partition coefficient (Wildman–Crippen LogP) is 1.99. The van der Waals surface area contributed by atoms with Crippen molar-refractivity contribution >= 4 is 0 Å². The van der Waals surface area contributed by atoms with Gasteiger partial charge in [-0.25, -0.2) is 0 Å². The fraction of sp³-hybridized carbons (Fsp3) is 0.429. The van der Waals surface area contributed by atoms with Crippen LogP contribution in [0.5, 0.6) is 0 Å². The van der Waals surface area contributed by atoms with Crippen molar-refractivity contribution in [3.63, 3.8) is 0 Å². The van der Waals surface area contributed by atoms with Gasteiger partial charge in [0.05, 0.1) is 11.9 Å². The lowest BCUT2D eigenvalue weighted by atomic mass is 10.1. The normalized spacial score (nSPS) is 10.8. The molecule has 5 heteroatoms. The lowest BCUT2D eigenvalue weighted by Gasteiger charge is -2.05. The van der Waals surface area contributed by atoms with Gasteiger partial charge in [0, 0.05) is 43.3 Å². The van der Waals surface area contributed by atoms with Crippen LogP contribution in [0.15, 0.2) is 30.7 Å².